The Morgan fingerprint density at radius 3 is 2.38 bits per heavy atom. The van der Waals surface area contributed by atoms with Gasteiger partial charge in [-0.25, -0.2) is 0 Å². The summed E-state index contributed by atoms with van der Waals surface area (Å²) < 4.78 is 6.32. The molecule has 0 N–H and O–H groups in total. The molecule has 0 bridgehead atoms. The van der Waals surface area contributed by atoms with Gasteiger partial charge in [0, 0.05) is 12.5 Å². The van der Waals surface area contributed by atoms with Gasteiger partial charge < -0.3 is 4.43 Å². The van der Waals surface area contributed by atoms with Crippen LogP contribution in [0.5, 0.6) is 0 Å². The lowest BCUT2D eigenvalue weighted by atomic mass is 9.97. The number of rotatable bonds is 2. The SMILES string of the molecule is CC(C)(C)[Si](C)(C)OC1CCC(=O)C(Br)C1. The van der Waals surface area contributed by atoms with Crippen LogP contribution in [0.2, 0.25) is 18.1 Å². The van der Waals surface area contributed by atoms with Gasteiger partial charge in [0.2, 0.25) is 0 Å². The quantitative estimate of drug-likeness (QED) is 0.571. The Labute approximate surface area is 108 Å². The number of carbonyl (C=O) groups excluding carboxylic acids is 1. The second kappa shape index (κ2) is 4.90. The smallest absolute Gasteiger partial charge is 0.192 e. The third kappa shape index (κ3) is 3.41. The first kappa shape index (κ1) is 14.4. The number of ketones is 1. The second-order valence-electron chi connectivity index (χ2n) is 6.21. The zero-order chi connectivity index (χ0) is 12.6. The van der Waals surface area contributed by atoms with Crippen molar-refractivity contribution in [2.45, 2.75) is 69.1 Å². The van der Waals surface area contributed by atoms with Crippen LogP contribution < -0.4 is 0 Å². The van der Waals surface area contributed by atoms with Crippen molar-refractivity contribution in [3.8, 4) is 0 Å². The molecule has 4 heteroatoms. The van der Waals surface area contributed by atoms with Gasteiger partial charge in [0.25, 0.3) is 0 Å². The Morgan fingerprint density at radius 1 is 1.38 bits per heavy atom. The average molecular weight is 307 g/mol. The number of hydrogen-bond acceptors (Lipinski definition) is 2. The topological polar surface area (TPSA) is 26.3 Å². The first-order chi connectivity index (χ1) is 7.13. The van der Waals surface area contributed by atoms with Crippen molar-refractivity contribution in [3.05, 3.63) is 0 Å². The summed E-state index contributed by atoms with van der Waals surface area (Å²) in [5.41, 5.74) is 0. The summed E-state index contributed by atoms with van der Waals surface area (Å²) in [6.07, 6.45) is 2.66. The average Bonchev–Trinajstić information content (AvgIpc) is 2.09. The van der Waals surface area contributed by atoms with Gasteiger partial charge >= 0.3 is 0 Å². The van der Waals surface area contributed by atoms with Crippen LogP contribution in [-0.4, -0.2) is 25.0 Å². The molecule has 0 saturated heterocycles. The summed E-state index contributed by atoms with van der Waals surface area (Å²) in [6.45, 7) is 11.3. The van der Waals surface area contributed by atoms with E-state index in [-0.39, 0.29) is 16.0 Å². The number of halogens is 1. The molecule has 0 aromatic carbocycles. The summed E-state index contributed by atoms with van der Waals surface area (Å²) in [6, 6.07) is 0. The highest BCUT2D eigenvalue weighted by Gasteiger charge is 2.40. The Hall–Kier alpha value is 0.327. The first-order valence-electron chi connectivity index (χ1n) is 5.98. The molecular formula is C12H23BrO2Si. The van der Waals surface area contributed by atoms with Crippen molar-refractivity contribution in [3.63, 3.8) is 0 Å². The molecule has 1 fully saturated rings. The lowest BCUT2D eigenvalue weighted by Gasteiger charge is -2.40. The third-order valence-electron chi connectivity index (χ3n) is 3.80. The molecule has 1 rings (SSSR count). The van der Waals surface area contributed by atoms with Crippen molar-refractivity contribution in [1.29, 1.82) is 0 Å². The standard InChI is InChI=1S/C12H23BrO2Si/c1-12(2,3)16(4,5)15-9-6-7-11(14)10(13)8-9/h9-10H,6-8H2,1-5H3. The maximum absolute atomic E-state index is 11.4. The number of hydrogen-bond donors (Lipinski definition) is 0. The molecule has 0 spiro atoms. The predicted molar refractivity (Wildman–Crippen MR) is 73.6 cm³/mol. The van der Waals surface area contributed by atoms with E-state index in [9.17, 15) is 4.79 Å². The molecule has 0 heterocycles. The molecule has 0 amide bonds. The zero-order valence-electron chi connectivity index (χ0n) is 11.0. The van der Waals surface area contributed by atoms with Crippen molar-refractivity contribution in [2.75, 3.05) is 0 Å². The third-order valence-corrected chi connectivity index (χ3v) is 9.22. The van der Waals surface area contributed by atoms with Crippen LogP contribution >= 0.6 is 15.9 Å². The fraction of sp³-hybridized carbons (Fsp3) is 0.917. The van der Waals surface area contributed by atoms with Crippen LogP contribution in [0, 0.1) is 0 Å². The van der Waals surface area contributed by atoms with Gasteiger partial charge in [0.05, 0.1) is 4.83 Å². The Bertz CT molecular complexity index is 271. The van der Waals surface area contributed by atoms with Gasteiger partial charge in [-0.05, 0) is 31.0 Å². The molecular weight excluding hydrogens is 284 g/mol. The second-order valence-corrected chi connectivity index (χ2v) is 12.1. The van der Waals surface area contributed by atoms with E-state index in [2.05, 4.69) is 49.8 Å². The fourth-order valence-electron chi connectivity index (χ4n) is 1.64. The largest absolute Gasteiger partial charge is 0.414 e. The molecule has 2 nitrogen and oxygen atoms in total. The Kier molecular flexibility index (Phi) is 4.41. The van der Waals surface area contributed by atoms with E-state index in [4.69, 9.17) is 4.43 Å². The summed E-state index contributed by atoms with van der Waals surface area (Å²) in [5, 5.41) is 0.246. The van der Waals surface area contributed by atoms with Crippen LogP contribution in [-0.2, 0) is 9.22 Å². The highest BCUT2D eigenvalue weighted by atomic mass is 79.9. The predicted octanol–water partition coefficient (Wildman–Crippen LogP) is 3.89. The molecule has 2 unspecified atom stereocenters. The van der Waals surface area contributed by atoms with Gasteiger partial charge in [-0.3, -0.25) is 4.79 Å². The molecule has 0 aromatic rings. The van der Waals surface area contributed by atoms with Crippen molar-refractivity contribution >= 4 is 30.0 Å². The molecule has 16 heavy (non-hydrogen) atoms. The summed E-state index contributed by atoms with van der Waals surface area (Å²) >= 11 is 3.44. The zero-order valence-corrected chi connectivity index (χ0v) is 13.6. The molecule has 1 saturated carbocycles. The highest BCUT2D eigenvalue weighted by molar-refractivity contribution is 9.10. The normalized spacial score (nSPS) is 28.2. The summed E-state index contributed by atoms with van der Waals surface area (Å²) in [5.74, 6) is 0.329. The van der Waals surface area contributed by atoms with Gasteiger partial charge in [0.15, 0.2) is 8.32 Å². The van der Waals surface area contributed by atoms with E-state index >= 15 is 0 Å². The van der Waals surface area contributed by atoms with E-state index in [1.54, 1.807) is 0 Å². The van der Waals surface area contributed by atoms with Gasteiger partial charge in [0.1, 0.15) is 5.78 Å². The minimum Gasteiger partial charge on any atom is -0.414 e. The van der Waals surface area contributed by atoms with Crippen molar-refractivity contribution < 1.29 is 9.22 Å². The Morgan fingerprint density at radius 2 is 1.94 bits per heavy atom. The van der Waals surface area contributed by atoms with Crippen LogP contribution in [0.3, 0.4) is 0 Å². The fourth-order valence-corrected chi connectivity index (χ4v) is 3.69. The summed E-state index contributed by atoms with van der Waals surface area (Å²) in [4.78, 5) is 11.4. The van der Waals surface area contributed by atoms with E-state index < -0.39 is 8.32 Å². The van der Waals surface area contributed by atoms with Crippen LogP contribution in [0.1, 0.15) is 40.0 Å². The van der Waals surface area contributed by atoms with Gasteiger partial charge in [-0.1, -0.05) is 36.7 Å². The van der Waals surface area contributed by atoms with Crippen molar-refractivity contribution in [1.82, 2.24) is 0 Å². The molecule has 1 aliphatic rings. The molecule has 0 aliphatic heterocycles. The molecule has 94 valence electrons. The van der Waals surface area contributed by atoms with E-state index in [0.29, 0.717) is 12.2 Å². The molecule has 1 aliphatic carbocycles. The van der Waals surface area contributed by atoms with Gasteiger partial charge in [-0.15, -0.1) is 0 Å². The number of Topliss-reactive ketones (excluding diaryl/α,β-unsaturated/α-hetero) is 1. The summed E-state index contributed by atoms with van der Waals surface area (Å²) in [7, 11) is -1.68. The maximum Gasteiger partial charge on any atom is 0.192 e. The Balaban J connectivity index is 2.59. The van der Waals surface area contributed by atoms with Crippen molar-refractivity contribution in [2.24, 2.45) is 0 Å². The lowest BCUT2D eigenvalue weighted by Crippen LogP contribution is -2.46. The number of carbonyl (C=O) groups is 1. The molecule has 2 atom stereocenters. The molecule has 0 radical (unpaired) electrons. The van der Waals surface area contributed by atoms with E-state index in [1.807, 2.05) is 0 Å². The van der Waals surface area contributed by atoms with Gasteiger partial charge in [-0.2, -0.15) is 0 Å². The minimum absolute atomic E-state index is 0.0102. The van der Waals surface area contributed by atoms with Crippen LogP contribution in [0.25, 0.3) is 0 Å². The minimum atomic E-state index is -1.68. The monoisotopic (exact) mass is 306 g/mol. The highest BCUT2D eigenvalue weighted by Crippen LogP contribution is 2.39. The molecule has 0 aromatic heterocycles. The van der Waals surface area contributed by atoms with E-state index in [1.165, 1.54) is 0 Å². The number of alkyl halides is 1. The first-order valence-corrected chi connectivity index (χ1v) is 9.80. The lowest BCUT2D eigenvalue weighted by molar-refractivity contribution is -0.121. The van der Waals surface area contributed by atoms with Crippen LogP contribution in [0.15, 0.2) is 0 Å². The van der Waals surface area contributed by atoms with Crippen LogP contribution in [0.4, 0.5) is 0 Å². The van der Waals surface area contributed by atoms with E-state index in [0.717, 1.165) is 12.8 Å². The maximum atomic E-state index is 11.4.